The third-order valence-electron chi connectivity index (χ3n) is 5.77. The Balaban J connectivity index is 1.30. The van der Waals surface area contributed by atoms with Crippen molar-refractivity contribution in [2.24, 2.45) is 5.92 Å². The van der Waals surface area contributed by atoms with Crippen molar-refractivity contribution in [1.29, 1.82) is 0 Å². The van der Waals surface area contributed by atoms with Gasteiger partial charge in [-0.15, -0.1) is 10.2 Å². The van der Waals surface area contributed by atoms with Crippen molar-refractivity contribution in [2.75, 3.05) is 36.5 Å². The Morgan fingerprint density at radius 2 is 1.83 bits per heavy atom. The number of halogens is 1. The zero-order valence-corrected chi connectivity index (χ0v) is 20.3. The zero-order valence-electron chi connectivity index (χ0n) is 19.5. The number of carbonyl (C=O) groups is 2. The minimum atomic E-state index is -0.143. The minimum Gasteiger partial charge on any atom is -0.492 e. The molecular weight excluding hydrogens is 466 g/mol. The van der Waals surface area contributed by atoms with Gasteiger partial charge < -0.3 is 20.3 Å². The van der Waals surface area contributed by atoms with Gasteiger partial charge in [0.25, 0.3) is 0 Å². The third kappa shape index (κ3) is 6.93. The van der Waals surface area contributed by atoms with E-state index in [9.17, 15) is 9.59 Å². The minimum absolute atomic E-state index is 0.0141. The van der Waals surface area contributed by atoms with Crippen LogP contribution in [0, 0.1) is 5.92 Å². The molecule has 0 aliphatic carbocycles. The number of rotatable bonds is 8. The molecule has 2 N–H and O–H groups in total. The maximum atomic E-state index is 12.9. The summed E-state index contributed by atoms with van der Waals surface area (Å²) in [5.74, 6) is 1.20. The SMILES string of the molecule is CC(=O)NCCOc1ccc(NC(=O)C2CCCN(c3ccc(-c4ccc(Cl)cc4)nn3)C2)cc1. The molecule has 2 amide bonds. The number of anilines is 2. The molecule has 2 heterocycles. The highest BCUT2D eigenvalue weighted by atomic mass is 35.5. The van der Waals surface area contributed by atoms with Gasteiger partial charge in [-0.1, -0.05) is 23.7 Å². The van der Waals surface area contributed by atoms with Crippen LogP contribution < -0.4 is 20.3 Å². The van der Waals surface area contributed by atoms with Gasteiger partial charge in [0.15, 0.2) is 5.82 Å². The lowest BCUT2D eigenvalue weighted by Gasteiger charge is -2.32. The van der Waals surface area contributed by atoms with E-state index in [1.54, 1.807) is 12.1 Å². The summed E-state index contributed by atoms with van der Waals surface area (Å²) in [6, 6.07) is 18.6. The molecule has 8 nitrogen and oxygen atoms in total. The molecule has 182 valence electrons. The molecule has 4 rings (SSSR count). The van der Waals surface area contributed by atoms with Crippen molar-refractivity contribution in [3.8, 4) is 17.0 Å². The van der Waals surface area contributed by atoms with Crippen LogP contribution in [0.5, 0.6) is 5.75 Å². The van der Waals surface area contributed by atoms with Crippen LogP contribution in [0.25, 0.3) is 11.3 Å². The summed E-state index contributed by atoms with van der Waals surface area (Å²) in [6.07, 6.45) is 1.72. The largest absolute Gasteiger partial charge is 0.492 e. The summed E-state index contributed by atoms with van der Waals surface area (Å²) >= 11 is 5.96. The first-order valence-electron chi connectivity index (χ1n) is 11.6. The number of piperidine rings is 1. The lowest BCUT2D eigenvalue weighted by Crippen LogP contribution is -2.41. The Morgan fingerprint density at radius 1 is 1.06 bits per heavy atom. The standard InChI is InChI=1S/C26H28ClN5O3/c1-18(33)28-14-16-35-23-10-8-22(9-11-23)29-26(34)20-3-2-15-32(17-20)25-13-12-24(30-31-25)19-4-6-21(27)7-5-19/h4-13,20H,2-3,14-17H2,1H3,(H,28,33)(H,29,34). The molecule has 0 spiro atoms. The van der Waals surface area contributed by atoms with Crippen LogP contribution in [0.1, 0.15) is 19.8 Å². The predicted octanol–water partition coefficient (Wildman–Crippen LogP) is 4.17. The molecule has 1 aliphatic heterocycles. The van der Waals surface area contributed by atoms with E-state index >= 15 is 0 Å². The van der Waals surface area contributed by atoms with Crippen molar-refractivity contribution < 1.29 is 14.3 Å². The van der Waals surface area contributed by atoms with Gasteiger partial charge in [-0.05, 0) is 61.4 Å². The van der Waals surface area contributed by atoms with Crippen molar-refractivity contribution in [3.05, 3.63) is 65.7 Å². The van der Waals surface area contributed by atoms with E-state index < -0.39 is 0 Å². The summed E-state index contributed by atoms with van der Waals surface area (Å²) in [4.78, 5) is 25.9. The molecule has 1 aliphatic rings. The van der Waals surface area contributed by atoms with E-state index in [-0.39, 0.29) is 17.7 Å². The molecule has 1 unspecified atom stereocenters. The highest BCUT2D eigenvalue weighted by molar-refractivity contribution is 6.30. The van der Waals surface area contributed by atoms with Gasteiger partial charge in [0.05, 0.1) is 18.2 Å². The van der Waals surface area contributed by atoms with Crippen LogP contribution >= 0.6 is 11.6 Å². The molecular formula is C26H28ClN5O3. The highest BCUT2D eigenvalue weighted by Gasteiger charge is 2.27. The maximum absolute atomic E-state index is 12.9. The summed E-state index contributed by atoms with van der Waals surface area (Å²) < 4.78 is 5.58. The van der Waals surface area contributed by atoms with Crippen molar-refractivity contribution >= 4 is 34.9 Å². The molecule has 0 saturated carbocycles. The molecule has 2 aromatic carbocycles. The van der Waals surface area contributed by atoms with Crippen molar-refractivity contribution in [2.45, 2.75) is 19.8 Å². The van der Waals surface area contributed by atoms with Gasteiger partial charge in [-0.3, -0.25) is 9.59 Å². The second-order valence-electron chi connectivity index (χ2n) is 8.41. The lowest BCUT2D eigenvalue weighted by atomic mass is 9.97. The average molecular weight is 494 g/mol. The van der Waals surface area contributed by atoms with Crippen LogP contribution in [0.15, 0.2) is 60.7 Å². The average Bonchev–Trinajstić information content (AvgIpc) is 2.88. The van der Waals surface area contributed by atoms with Gasteiger partial charge in [-0.25, -0.2) is 0 Å². The van der Waals surface area contributed by atoms with Gasteiger partial charge >= 0.3 is 0 Å². The van der Waals surface area contributed by atoms with E-state index in [0.29, 0.717) is 36.2 Å². The fourth-order valence-corrected chi connectivity index (χ4v) is 4.07. The second kappa shape index (κ2) is 11.7. The van der Waals surface area contributed by atoms with E-state index in [4.69, 9.17) is 16.3 Å². The summed E-state index contributed by atoms with van der Waals surface area (Å²) in [5, 5.41) is 15.1. The molecule has 1 fully saturated rings. The van der Waals surface area contributed by atoms with E-state index in [0.717, 1.165) is 36.5 Å². The quantitative estimate of drug-likeness (QED) is 0.457. The van der Waals surface area contributed by atoms with E-state index in [1.165, 1.54) is 6.92 Å². The fourth-order valence-electron chi connectivity index (χ4n) is 3.94. The number of nitrogens with zero attached hydrogens (tertiary/aromatic N) is 3. The molecule has 35 heavy (non-hydrogen) atoms. The topological polar surface area (TPSA) is 96.5 Å². The summed E-state index contributed by atoms with van der Waals surface area (Å²) in [7, 11) is 0. The Kier molecular flexibility index (Phi) is 8.15. The number of amides is 2. The van der Waals surface area contributed by atoms with Gasteiger partial charge in [0.2, 0.25) is 11.8 Å². The first-order valence-corrected chi connectivity index (χ1v) is 12.0. The summed E-state index contributed by atoms with van der Waals surface area (Å²) in [5.41, 5.74) is 2.45. The number of nitrogens with one attached hydrogen (secondary N) is 2. The Bertz CT molecular complexity index is 1140. The maximum Gasteiger partial charge on any atom is 0.229 e. The smallest absolute Gasteiger partial charge is 0.229 e. The van der Waals surface area contributed by atoms with Crippen LogP contribution in [0.4, 0.5) is 11.5 Å². The third-order valence-corrected chi connectivity index (χ3v) is 6.03. The Labute approximate surface area is 209 Å². The number of carbonyl (C=O) groups excluding carboxylic acids is 2. The summed E-state index contributed by atoms with van der Waals surface area (Å²) in [6.45, 7) is 3.72. The van der Waals surface area contributed by atoms with Gasteiger partial charge in [0.1, 0.15) is 12.4 Å². The van der Waals surface area contributed by atoms with Crippen LogP contribution in [0.3, 0.4) is 0 Å². The number of benzene rings is 2. The number of aromatic nitrogens is 2. The van der Waals surface area contributed by atoms with Crippen molar-refractivity contribution in [3.63, 3.8) is 0 Å². The molecule has 1 atom stereocenters. The molecule has 3 aromatic rings. The zero-order chi connectivity index (χ0) is 24.6. The molecule has 0 radical (unpaired) electrons. The van der Waals surface area contributed by atoms with Gasteiger partial charge in [-0.2, -0.15) is 0 Å². The number of ether oxygens (including phenoxy) is 1. The highest BCUT2D eigenvalue weighted by Crippen LogP contribution is 2.25. The normalized spacial score (nSPS) is 15.4. The lowest BCUT2D eigenvalue weighted by molar-refractivity contribution is -0.120. The Morgan fingerprint density at radius 3 is 2.51 bits per heavy atom. The van der Waals surface area contributed by atoms with Gasteiger partial charge in [0, 0.05) is 36.3 Å². The predicted molar refractivity (Wildman–Crippen MR) is 137 cm³/mol. The number of hydrogen-bond acceptors (Lipinski definition) is 6. The monoisotopic (exact) mass is 493 g/mol. The van der Waals surface area contributed by atoms with Crippen molar-refractivity contribution in [1.82, 2.24) is 15.5 Å². The van der Waals surface area contributed by atoms with E-state index in [2.05, 4.69) is 25.7 Å². The Hall–Kier alpha value is -3.65. The first-order chi connectivity index (χ1) is 17.0. The molecule has 1 aromatic heterocycles. The van der Waals surface area contributed by atoms with E-state index in [1.807, 2.05) is 48.5 Å². The molecule has 1 saturated heterocycles. The first kappa shape index (κ1) is 24.5. The molecule has 0 bridgehead atoms. The fraction of sp³-hybridized carbons (Fsp3) is 0.308. The second-order valence-corrected chi connectivity index (χ2v) is 8.85. The van der Waals surface area contributed by atoms with Crippen LogP contribution in [0.2, 0.25) is 5.02 Å². The molecule has 9 heteroatoms. The number of hydrogen-bond donors (Lipinski definition) is 2. The van der Waals surface area contributed by atoms with Crippen LogP contribution in [-0.4, -0.2) is 48.3 Å². The van der Waals surface area contributed by atoms with Crippen LogP contribution in [-0.2, 0) is 9.59 Å².